The van der Waals surface area contributed by atoms with Gasteiger partial charge in [-0.25, -0.2) is 9.67 Å². The first kappa shape index (κ1) is 23.5. The van der Waals surface area contributed by atoms with E-state index in [1.807, 2.05) is 31.2 Å². The highest BCUT2D eigenvalue weighted by atomic mass is 16.4. The minimum atomic E-state index is -0.332. The van der Waals surface area contributed by atoms with Crippen LogP contribution in [-0.2, 0) is 12.0 Å². The zero-order valence-electron chi connectivity index (χ0n) is 20.7. The van der Waals surface area contributed by atoms with Gasteiger partial charge in [-0.3, -0.25) is 4.79 Å². The van der Waals surface area contributed by atoms with Crippen LogP contribution in [0, 0.1) is 0 Å². The Morgan fingerprint density at radius 1 is 1.06 bits per heavy atom. The van der Waals surface area contributed by atoms with Gasteiger partial charge in [0.15, 0.2) is 11.5 Å². The molecule has 0 spiro atoms. The fourth-order valence-electron chi connectivity index (χ4n) is 3.81. The molecule has 6 heteroatoms. The van der Waals surface area contributed by atoms with Crippen molar-refractivity contribution < 1.29 is 9.21 Å². The maximum Gasteiger partial charge on any atom is 0.279 e. The lowest BCUT2D eigenvalue weighted by Crippen LogP contribution is -2.16. The van der Waals surface area contributed by atoms with Gasteiger partial charge in [0.05, 0.1) is 6.20 Å². The van der Waals surface area contributed by atoms with Crippen LogP contribution in [0.2, 0.25) is 0 Å². The molecule has 0 aliphatic rings. The van der Waals surface area contributed by atoms with Crippen molar-refractivity contribution in [2.24, 2.45) is 0 Å². The number of hydrogen-bond acceptors (Lipinski definition) is 4. The minimum absolute atomic E-state index is 0.0465. The average molecular weight is 457 g/mol. The van der Waals surface area contributed by atoms with Crippen molar-refractivity contribution in [1.82, 2.24) is 14.8 Å². The summed E-state index contributed by atoms with van der Waals surface area (Å²) in [6, 6.07) is 18.0. The van der Waals surface area contributed by atoms with E-state index in [1.54, 1.807) is 16.9 Å². The molecule has 0 saturated carbocycles. The van der Waals surface area contributed by atoms with E-state index in [2.05, 4.69) is 74.3 Å². The third-order valence-electron chi connectivity index (χ3n) is 5.91. The van der Waals surface area contributed by atoms with Crippen LogP contribution in [0.5, 0.6) is 0 Å². The number of carbonyl (C=O) groups is 1. The lowest BCUT2D eigenvalue weighted by atomic mass is 9.87. The van der Waals surface area contributed by atoms with Gasteiger partial charge in [0.1, 0.15) is 5.82 Å². The molecule has 1 amide bonds. The van der Waals surface area contributed by atoms with Gasteiger partial charge >= 0.3 is 0 Å². The van der Waals surface area contributed by atoms with E-state index in [0.29, 0.717) is 29.9 Å². The molecule has 0 aliphatic carbocycles. The van der Waals surface area contributed by atoms with E-state index in [4.69, 9.17) is 4.42 Å². The summed E-state index contributed by atoms with van der Waals surface area (Å²) in [5, 5.41) is 7.17. The fourth-order valence-corrected chi connectivity index (χ4v) is 3.81. The topological polar surface area (TPSA) is 73.0 Å². The number of rotatable bonds is 6. The van der Waals surface area contributed by atoms with E-state index in [9.17, 15) is 4.79 Å². The Morgan fingerprint density at radius 2 is 1.79 bits per heavy atom. The molecule has 0 saturated heterocycles. The highest BCUT2D eigenvalue weighted by molar-refractivity contribution is 6.06. The summed E-state index contributed by atoms with van der Waals surface area (Å²) < 4.78 is 7.98. The van der Waals surface area contributed by atoms with Gasteiger partial charge in [-0.2, -0.15) is 5.10 Å². The Kier molecular flexibility index (Phi) is 6.42. The molecule has 0 aliphatic heterocycles. The van der Waals surface area contributed by atoms with Crippen molar-refractivity contribution >= 4 is 11.7 Å². The lowest BCUT2D eigenvalue weighted by Gasteiger charge is -2.18. The monoisotopic (exact) mass is 456 g/mol. The van der Waals surface area contributed by atoms with Gasteiger partial charge in [-0.1, -0.05) is 65.0 Å². The number of nitrogens with one attached hydrogen (secondary N) is 1. The number of amides is 1. The molecule has 6 nitrogen and oxygen atoms in total. The summed E-state index contributed by atoms with van der Waals surface area (Å²) >= 11 is 0. The summed E-state index contributed by atoms with van der Waals surface area (Å²) in [5.74, 6) is 1.51. The number of oxazole rings is 1. The quantitative estimate of drug-likeness (QED) is 0.342. The molecule has 0 bridgehead atoms. The highest BCUT2D eigenvalue weighted by Crippen LogP contribution is 2.33. The fraction of sp³-hybridized carbons (Fsp3) is 0.321. The van der Waals surface area contributed by atoms with Gasteiger partial charge < -0.3 is 9.73 Å². The van der Waals surface area contributed by atoms with E-state index >= 15 is 0 Å². The normalized spacial score (nSPS) is 11.7. The van der Waals surface area contributed by atoms with Crippen LogP contribution in [0.3, 0.4) is 0 Å². The van der Waals surface area contributed by atoms with Crippen LogP contribution < -0.4 is 5.32 Å². The first-order valence-electron chi connectivity index (χ1n) is 11.7. The molecule has 34 heavy (non-hydrogen) atoms. The first-order chi connectivity index (χ1) is 16.2. The Hall–Kier alpha value is -3.67. The first-order valence-corrected chi connectivity index (χ1v) is 11.7. The van der Waals surface area contributed by atoms with E-state index in [-0.39, 0.29) is 17.0 Å². The van der Waals surface area contributed by atoms with Crippen molar-refractivity contribution in [3.05, 3.63) is 77.6 Å². The Bertz CT molecular complexity index is 1290. The molecule has 2 aromatic carbocycles. The van der Waals surface area contributed by atoms with Crippen LogP contribution in [-0.4, -0.2) is 20.7 Å². The minimum Gasteiger partial charge on any atom is -0.435 e. The highest BCUT2D eigenvalue weighted by Gasteiger charge is 2.24. The number of aromatic nitrogens is 3. The predicted octanol–water partition coefficient (Wildman–Crippen LogP) is 6.90. The van der Waals surface area contributed by atoms with Crippen LogP contribution >= 0.6 is 0 Å². The van der Waals surface area contributed by atoms with Crippen molar-refractivity contribution in [1.29, 1.82) is 0 Å². The van der Waals surface area contributed by atoms with Gasteiger partial charge in [0, 0.05) is 23.7 Å². The van der Waals surface area contributed by atoms with Crippen molar-refractivity contribution in [3.63, 3.8) is 0 Å². The third kappa shape index (κ3) is 4.81. The molecule has 0 atom stereocenters. The zero-order valence-corrected chi connectivity index (χ0v) is 20.7. The standard InChI is InChI=1S/C28H32N4O2/c1-7-32-23(15-16-29-32)30-26(33)24-25(21-10-8-9-20(17-21)18(2)3)34-27(31-24)19-11-13-22(14-12-19)28(4,5)6/h8-18H,7H2,1-6H3,(H,30,33). The summed E-state index contributed by atoms with van der Waals surface area (Å²) in [5.41, 5.74) is 4.33. The van der Waals surface area contributed by atoms with Crippen LogP contribution in [0.15, 0.2) is 65.2 Å². The second-order valence-electron chi connectivity index (χ2n) is 9.79. The van der Waals surface area contributed by atoms with Crippen molar-refractivity contribution in [2.45, 2.75) is 59.4 Å². The molecular weight excluding hydrogens is 424 g/mol. The van der Waals surface area contributed by atoms with Crippen LogP contribution in [0.1, 0.15) is 69.1 Å². The molecule has 176 valence electrons. The number of aryl methyl sites for hydroxylation is 1. The molecule has 4 rings (SSSR count). The lowest BCUT2D eigenvalue weighted by molar-refractivity contribution is 0.102. The molecule has 2 aromatic heterocycles. The Labute approximate surface area is 201 Å². The SMILES string of the molecule is CCn1nccc1NC(=O)c1nc(-c2ccc(C(C)(C)C)cc2)oc1-c1cccc(C(C)C)c1. The second kappa shape index (κ2) is 9.29. The predicted molar refractivity (Wildman–Crippen MR) is 136 cm³/mol. The largest absolute Gasteiger partial charge is 0.435 e. The maximum absolute atomic E-state index is 13.3. The molecule has 0 unspecified atom stereocenters. The number of hydrogen-bond donors (Lipinski definition) is 1. The maximum atomic E-state index is 13.3. The van der Waals surface area contributed by atoms with E-state index in [0.717, 1.165) is 11.1 Å². The molecule has 0 fully saturated rings. The second-order valence-corrected chi connectivity index (χ2v) is 9.79. The summed E-state index contributed by atoms with van der Waals surface area (Å²) in [7, 11) is 0. The number of anilines is 1. The summed E-state index contributed by atoms with van der Waals surface area (Å²) in [6.07, 6.45) is 1.66. The Balaban J connectivity index is 1.78. The molecule has 0 radical (unpaired) electrons. The third-order valence-corrected chi connectivity index (χ3v) is 5.91. The zero-order chi connectivity index (χ0) is 24.5. The van der Waals surface area contributed by atoms with Crippen LogP contribution in [0.4, 0.5) is 5.82 Å². The number of benzene rings is 2. The van der Waals surface area contributed by atoms with Gasteiger partial charge in [-0.05, 0) is 47.6 Å². The summed E-state index contributed by atoms with van der Waals surface area (Å²) in [4.78, 5) is 18.0. The smallest absolute Gasteiger partial charge is 0.279 e. The molecule has 1 N–H and O–H groups in total. The average Bonchev–Trinajstić information content (AvgIpc) is 3.45. The van der Waals surface area contributed by atoms with Gasteiger partial charge in [0.25, 0.3) is 5.91 Å². The molecule has 2 heterocycles. The van der Waals surface area contributed by atoms with E-state index < -0.39 is 0 Å². The molecule has 4 aromatic rings. The Morgan fingerprint density at radius 3 is 2.44 bits per heavy atom. The van der Waals surface area contributed by atoms with Gasteiger partial charge in [-0.15, -0.1) is 0 Å². The number of nitrogens with zero attached hydrogens (tertiary/aromatic N) is 3. The van der Waals surface area contributed by atoms with Crippen molar-refractivity contribution in [3.8, 4) is 22.8 Å². The van der Waals surface area contributed by atoms with Crippen LogP contribution in [0.25, 0.3) is 22.8 Å². The van der Waals surface area contributed by atoms with Gasteiger partial charge in [0.2, 0.25) is 5.89 Å². The number of carbonyl (C=O) groups excluding carboxylic acids is 1. The summed E-state index contributed by atoms with van der Waals surface area (Å²) in [6.45, 7) is 13.4. The van der Waals surface area contributed by atoms with Crippen molar-refractivity contribution in [2.75, 3.05) is 5.32 Å². The van der Waals surface area contributed by atoms with E-state index in [1.165, 1.54) is 11.1 Å². The molecular formula is C28H32N4O2.